The largest absolute Gasteiger partial charge is 0.374 e. The number of hydrogen-bond donors (Lipinski definition) is 1. The first kappa shape index (κ1) is 13.3. The van der Waals surface area contributed by atoms with E-state index in [-0.39, 0.29) is 5.60 Å². The summed E-state index contributed by atoms with van der Waals surface area (Å²) in [5.74, 6) is 3.45. The van der Waals surface area contributed by atoms with Crippen LogP contribution in [0.5, 0.6) is 0 Å². The standard InChI is InChI=1S/C15H27NOS/c1-14(5-3-13(10-14)16-2)12-4-7-17-15(9-12)6-8-18-11-15/h12-13,16H,3-11H2,1-2H3. The van der Waals surface area contributed by atoms with Gasteiger partial charge in [0.1, 0.15) is 0 Å². The van der Waals surface area contributed by atoms with Gasteiger partial charge in [-0.3, -0.25) is 0 Å². The van der Waals surface area contributed by atoms with Crippen molar-refractivity contribution in [3.8, 4) is 0 Å². The lowest BCUT2D eigenvalue weighted by Gasteiger charge is -2.44. The van der Waals surface area contributed by atoms with Gasteiger partial charge in [0.2, 0.25) is 0 Å². The summed E-state index contributed by atoms with van der Waals surface area (Å²) in [6, 6.07) is 0.756. The van der Waals surface area contributed by atoms with Crippen molar-refractivity contribution in [3.63, 3.8) is 0 Å². The molecule has 0 radical (unpaired) electrons. The third-order valence-corrected chi connectivity index (χ3v) is 6.95. The van der Waals surface area contributed by atoms with Gasteiger partial charge in [-0.1, -0.05) is 6.92 Å². The summed E-state index contributed by atoms with van der Waals surface area (Å²) in [6.07, 6.45) is 8.06. The molecule has 2 aliphatic heterocycles. The topological polar surface area (TPSA) is 21.3 Å². The van der Waals surface area contributed by atoms with E-state index >= 15 is 0 Å². The fourth-order valence-electron chi connectivity index (χ4n) is 4.37. The summed E-state index contributed by atoms with van der Waals surface area (Å²) in [6.45, 7) is 3.54. The van der Waals surface area contributed by atoms with E-state index in [1.54, 1.807) is 0 Å². The highest BCUT2D eigenvalue weighted by atomic mass is 32.2. The highest BCUT2D eigenvalue weighted by Gasteiger charge is 2.48. The zero-order valence-corrected chi connectivity index (χ0v) is 12.7. The third kappa shape index (κ3) is 2.34. The van der Waals surface area contributed by atoms with E-state index in [0.717, 1.165) is 18.6 Å². The Hall–Kier alpha value is 0.270. The Morgan fingerprint density at radius 3 is 2.78 bits per heavy atom. The molecule has 0 bridgehead atoms. The average molecular weight is 269 g/mol. The van der Waals surface area contributed by atoms with Crippen molar-refractivity contribution >= 4 is 11.8 Å². The van der Waals surface area contributed by atoms with Crippen molar-refractivity contribution in [1.82, 2.24) is 5.32 Å². The van der Waals surface area contributed by atoms with Gasteiger partial charge in [0.05, 0.1) is 5.60 Å². The smallest absolute Gasteiger partial charge is 0.0783 e. The molecule has 0 aromatic rings. The second-order valence-electron chi connectivity index (χ2n) is 6.91. The van der Waals surface area contributed by atoms with Gasteiger partial charge in [0.15, 0.2) is 0 Å². The van der Waals surface area contributed by atoms with Gasteiger partial charge in [-0.15, -0.1) is 0 Å². The van der Waals surface area contributed by atoms with E-state index < -0.39 is 0 Å². The highest BCUT2D eigenvalue weighted by Crippen LogP contribution is 2.52. The molecule has 3 heteroatoms. The first-order valence-electron chi connectivity index (χ1n) is 7.55. The summed E-state index contributed by atoms with van der Waals surface area (Å²) in [4.78, 5) is 0. The molecule has 0 aromatic carbocycles. The van der Waals surface area contributed by atoms with E-state index in [0.29, 0.717) is 5.41 Å². The number of rotatable bonds is 2. The van der Waals surface area contributed by atoms with E-state index in [2.05, 4.69) is 31.1 Å². The second kappa shape index (κ2) is 4.99. The van der Waals surface area contributed by atoms with Crippen molar-refractivity contribution in [1.29, 1.82) is 0 Å². The van der Waals surface area contributed by atoms with Gasteiger partial charge in [0.25, 0.3) is 0 Å². The van der Waals surface area contributed by atoms with Crippen LogP contribution in [0.15, 0.2) is 0 Å². The average Bonchev–Trinajstić information content (AvgIpc) is 2.98. The molecule has 2 heterocycles. The maximum Gasteiger partial charge on any atom is 0.0783 e. The second-order valence-corrected chi connectivity index (χ2v) is 8.01. The number of hydrogen-bond acceptors (Lipinski definition) is 3. The summed E-state index contributed by atoms with van der Waals surface area (Å²) >= 11 is 2.09. The van der Waals surface area contributed by atoms with Crippen LogP contribution in [0.25, 0.3) is 0 Å². The number of ether oxygens (including phenoxy) is 1. The fraction of sp³-hybridized carbons (Fsp3) is 1.00. The minimum atomic E-state index is 0.258. The van der Waals surface area contributed by atoms with Gasteiger partial charge in [-0.25, -0.2) is 0 Å². The Balaban J connectivity index is 1.68. The summed E-state index contributed by atoms with van der Waals surface area (Å²) in [7, 11) is 2.12. The van der Waals surface area contributed by atoms with Gasteiger partial charge < -0.3 is 10.1 Å². The Kier molecular flexibility index (Phi) is 3.68. The summed E-state index contributed by atoms with van der Waals surface area (Å²) in [5, 5.41) is 3.48. The molecule has 1 N–H and O–H groups in total. The summed E-state index contributed by atoms with van der Waals surface area (Å²) < 4.78 is 6.18. The molecule has 3 rings (SSSR count). The van der Waals surface area contributed by atoms with Crippen LogP contribution in [0.4, 0.5) is 0 Å². The molecule has 4 atom stereocenters. The zero-order valence-electron chi connectivity index (χ0n) is 11.8. The maximum atomic E-state index is 6.18. The highest BCUT2D eigenvalue weighted by molar-refractivity contribution is 7.99. The molecule has 3 aliphatic rings. The predicted octanol–water partition coefficient (Wildman–Crippen LogP) is 3.07. The van der Waals surface area contributed by atoms with Gasteiger partial charge in [-0.2, -0.15) is 11.8 Å². The molecular formula is C15H27NOS. The molecule has 4 unspecified atom stereocenters. The Labute approximate surface area is 116 Å². The van der Waals surface area contributed by atoms with E-state index in [1.165, 1.54) is 50.0 Å². The van der Waals surface area contributed by atoms with Crippen LogP contribution in [0.2, 0.25) is 0 Å². The minimum Gasteiger partial charge on any atom is -0.374 e. The number of nitrogens with one attached hydrogen (secondary N) is 1. The van der Waals surface area contributed by atoms with Crippen LogP contribution >= 0.6 is 11.8 Å². The Morgan fingerprint density at radius 1 is 1.22 bits per heavy atom. The monoisotopic (exact) mass is 269 g/mol. The molecule has 2 saturated heterocycles. The van der Waals surface area contributed by atoms with Crippen LogP contribution in [-0.4, -0.2) is 36.8 Å². The first-order chi connectivity index (χ1) is 8.66. The molecule has 1 spiro atoms. The van der Waals surface area contributed by atoms with Crippen LogP contribution in [-0.2, 0) is 4.74 Å². The molecule has 1 saturated carbocycles. The lowest BCUT2D eigenvalue weighted by atomic mass is 9.68. The molecule has 3 fully saturated rings. The van der Waals surface area contributed by atoms with E-state index in [1.807, 2.05) is 0 Å². The maximum absolute atomic E-state index is 6.18. The van der Waals surface area contributed by atoms with Gasteiger partial charge >= 0.3 is 0 Å². The zero-order chi connectivity index (χ0) is 12.6. The predicted molar refractivity (Wildman–Crippen MR) is 78.2 cm³/mol. The van der Waals surface area contributed by atoms with Crippen molar-refractivity contribution in [2.24, 2.45) is 11.3 Å². The van der Waals surface area contributed by atoms with Crippen LogP contribution < -0.4 is 5.32 Å². The quantitative estimate of drug-likeness (QED) is 0.832. The van der Waals surface area contributed by atoms with E-state index in [4.69, 9.17) is 4.74 Å². The Bertz CT molecular complexity index is 303. The van der Waals surface area contributed by atoms with Crippen molar-refractivity contribution < 1.29 is 4.74 Å². The van der Waals surface area contributed by atoms with E-state index in [9.17, 15) is 0 Å². The number of thioether (sulfide) groups is 1. The lowest BCUT2D eigenvalue weighted by Crippen LogP contribution is -2.44. The minimum absolute atomic E-state index is 0.258. The van der Waals surface area contributed by atoms with Crippen LogP contribution in [0.1, 0.15) is 45.4 Å². The van der Waals surface area contributed by atoms with Crippen molar-refractivity contribution in [2.45, 2.75) is 57.1 Å². The Morgan fingerprint density at radius 2 is 2.11 bits per heavy atom. The lowest BCUT2D eigenvalue weighted by molar-refractivity contribution is -0.102. The third-order valence-electron chi connectivity index (χ3n) is 5.73. The SMILES string of the molecule is CNC1CCC(C)(C2CCOC3(CCSC3)C2)C1. The molecule has 1 aliphatic carbocycles. The molecule has 18 heavy (non-hydrogen) atoms. The molecule has 104 valence electrons. The fourth-order valence-corrected chi connectivity index (χ4v) is 5.75. The summed E-state index contributed by atoms with van der Waals surface area (Å²) in [5.41, 5.74) is 0.825. The normalized spacial score (nSPS) is 49.0. The molecule has 0 aromatic heterocycles. The molecular weight excluding hydrogens is 242 g/mol. The van der Waals surface area contributed by atoms with Gasteiger partial charge in [0, 0.05) is 18.4 Å². The van der Waals surface area contributed by atoms with Crippen LogP contribution in [0, 0.1) is 11.3 Å². The van der Waals surface area contributed by atoms with Crippen molar-refractivity contribution in [2.75, 3.05) is 25.2 Å². The van der Waals surface area contributed by atoms with Gasteiger partial charge in [-0.05, 0) is 62.7 Å². The molecule has 2 nitrogen and oxygen atoms in total. The van der Waals surface area contributed by atoms with Crippen LogP contribution in [0.3, 0.4) is 0 Å². The molecule has 0 amide bonds. The first-order valence-corrected chi connectivity index (χ1v) is 8.70. The van der Waals surface area contributed by atoms with Crippen molar-refractivity contribution in [3.05, 3.63) is 0 Å².